The van der Waals surface area contributed by atoms with E-state index in [2.05, 4.69) is 6.92 Å². The SMILES string of the molecule is COC(=O)[C@H]1CC[C@H]2O[C@@H](C)C[C@H]2C1. The Hall–Kier alpha value is -0.570. The first-order valence-electron chi connectivity index (χ1n) is 5.44. The molecule has 1 aliphatic carbocycles. The zero-order valence-corrected chi connectivity index (χ0v) is 8.86. The van der Waals surface area contributed by atoms with Gasteiger partial charge in [-0.1, -0.05) is 0 Å². The number of ether oxygens (including phenoxy) is 2. The Morgan fingerprint density at radius 1 is 1.36 bits per heavy atom. The fourth-order valence-corrected chi connectivity index (χ4v) is 2.82. The number of hydrogen-bond donors (Lipinski definition) is 0. The van der Waals surface area contributed by atoms with Crippen LogP contribution < -0.4 is 0 Å². The van der Waals surface area contributed by atoms with Gasteiger partial charge in [-0.05, 0) is 38.5 Å². The lowest BCUT2D eigenvalue weighted by molar-refractivity contribution is -0.147. The van der Waals surface area contributed by atoms with Crippen molar-refractivity contribution >= 4 is 5.97 Å². The zero-order valence-electron chi connectivity index (χ0n) is 8.86. The standard InChI is InChI=1S/C11H18O3/c1-7-5-9-6-8(11(12)13-2)3-4-10(9)14-7/h7-10H,3-6H2,1-2H3/t7-,8-,9-,10+/m0/s1. The summed E-state index contributed by atoms with van der Waals surface area (Å²) in [6, 6.07) is 0. The summed E-state index contributed by atoms with van der Waals surface area (Å²) in [7, 11) is 1.47. The highest BCUT2D eigenvalue weighted by Gasteiger charge is 2.40. The first-order valence-corrected chi connectivity index (χ1v) is 5.44. The molecule has 0 N–H and O–H groups in total. The molecular weight excluding hydrogens is 180 g/mol. The average molecular weight is 198 g/mol. The quantitative estimate of drug-likeness (QED) is 0.602. The van der Waals surface area contributed by atoms with Crippen LogP contribution >= 0.6 is 0 Å². The number of fused-ring (bicyclic) bond motifs is 1. The molecule has 0 aromatic rings. The molecule has 0 aromatic heterocycles. The van der Waals surface area contributed by atoms with Gasteiger partial charge >= 0.3 is 5.97 Å². The maximum atomic E-state index is 11.4. The van der Waals surface area contributed by atoms with Gasteiger partial charge in [-0.15, -0.1) is 0 Å². The molecule has 2 rings (SSSR count). The van der Waals surface area contributed by atoms with E-state index < -0.39 is 0 Å². The van der Waals surface area contributed by atoms with E-state index in [4.69, 9.17) is 9.47 Å². The van der Waals surface area contributed by atoms with Crippen LogP contribution in [0.4, 0.5) is 0 Å². The summed E-state index contributed by atoms with van der Waals surface area (Å²) in [4.78, 5) is 11.4. The number of rotatable bonds is 1. The van der Waals surface area contributed by atoms with Crippen molar-refractivity contribution in [3.8, 4) is 0 Å². The summed E-state index contributed by atoms with van der Waals surface area (Å²) in [5, 5.41) is 0. The molecule has 1 aliphatic heterocycles. The average Bonchev–Trinajstić information content (AvgIpc) is 2.55. The van der Waals surface area contributed by atoms with Crippen molar-refractivity contribution in [3.63, 3.8) is 0 Å². The van der Waals surface area contributed by atoms with E-state index in [9.17, 15) is 4.79 Å². The lowest BCUT2D eigenvalue weighted by Gasteiger charge is -2.28. The van der Waals surface area contributed by atoms with Gasteiger partial charge in [-0.2, -0.15) is 0 Å². The minimum atomic E-state index is -0.0389. The topological polar surface area (TPSA) is 35.5 Å². The molecule has 1 heterocycles. The van der Waals surface area contributed by atoms with Crippen LogP contribution in [0.25, 0.3) is 0 Å². The number of carbonyl (C=O) groups is 1. The molecule has 1 saturated heterocycles. The van der Waals surface area contributed by atoms with Crippen LogP contribution in [0, 0.1) is 11.8 Å². The highest BCUT2D eigenvalue weighted by Crippen LogP contribution is 2.40. The van der Waals surface area contributed by atoms with Gasteiger partial charge in [0, 0.05) is 0 Å². The van der Waals surface area contributed by atoms with Crippen molar-refractivity contribution in [2.75, 3.05) is 7.11 Å². The molecule has 2 fully saturated rings. The largest absolute Gasteiger partial charge is 0.469 e. The Bertz CT molecular complexity index is 227. The first kappa shape index (κ1) is 9.97. The van der Waals surface area contributed by atoms with Crippen molar-refractivity contribution in [2.24, 2.45) is 11.8 Å². The molecule has 2 aliphatic rings. The molecule has 0 unspecified atom stereocenters. The van der Waals surface area contributed by atoms with Crippen LogP contribution in [0.1, 0.15) is 32.6 Å². The van der Waals surface area contributed by atoms with Gasteiger partial charge in [0.2, 0.25) is 0 Å². The van der Waals surface area contributed by atoms with Gasteiger partial charge in [0.1, 0.15) is 0 Å². The summed E-state index contributed by atoms with van der Waals surface area (Å²) in [6.07, 6.45) is 4.81. The van der Waals surface area contributed by atoms with Crippen molar-refractivity contribution in [2.45, 2.75) is 44.8 Å². The van der Waals surface area contributed by atoms with E-state index >= 15 is 0 Å². The second-order valence-electron chi connectivity index (χ2n) is 4.51. The minimum Gasteiger partial charge on any atom is -0.469 e. The molecule has 4 atom stereocenters. The fourth-order valence-electron chi connectivity index (χ4n) is 2.82. The van der Waals surface area contributed by atoms with Crippen molar-refractivity contribution in [1.29, 1.82) is 0 Å². The Kier molecular flexibility index (Phi) is 2.77. The lowest BCUT2D eigenvalue weighted by atomic mass is 9.79. The number of methoxy groups -OCH3 is 1. The van der Waals surface area contributed by atoms with E-state index in [0.717, 1.165) is 25.7 Å². The van der Waals surface area contributed by atoms with E-state index in [0.29, 0.717) is 18.1 Å². The van der Waals surface area contributed by atoms with E-state index in [-0.39, 0.29) is 11.9 Å². The Morgan fingerprint density at radius 2 is 2.14 bits per heavy atom. The lowest BCUT2D eigenvalue weighted by Crippen LogP contribution is -2.30. The normalized spacial score (nSPS) is 41.9. The smallest absolute Gasteiger partial charge is 0.308 e. The van der Waals surface area contributed by atoms with Gasteiger partial charge in [0.05, 0.1) is 25.2 Å². The Morgan fingerprint density at radius 3 is 2.86 bits per heavy atom. The highest BCUT2D eigenvalue weighted by atomic mass is 16.5. The molecule has 80 valence electrons. The van der Waals surface area contributed by atoms with Crippen molar-refractivity contribution < 1.29 is 14.3 Å². The number of hydrogen-bond acceptors (Lipinski definition) is 3. The van der Waals surface area contributed by atoms with E-state index in [1.807, 2.05) is 0 Å². The third-order valence-electron chi connectivity index (χ3n) is 3.49. The van der Waals surface area contributed by atoms with Gasteiger partial charge in [-0.3, -0.25) is 4.79 Å². The third kappa shape index (κ3) is 1.78. The molecule has 0 aromatic carbocycles. The van der Waals surface area contributed by atoms with Crippen LogP contribution in [0.2, 0.25) is 0 Å². The molecule has 0 radical (unpaired) electrons. The van der Waals surface area contributed by atoms with E-state index in [1.165, 1.54) is 7.11 Å². The predicted octanol–water partition coefficient (Wildman–Crippen LogP) is 1.75. The third-order valence-corrected chi connectivity index (χ3v) is 3.49. The molecule has 14 heavy (non-hydrogen) atoms. The second-order valence-corrected chi connectivity index (χ2v) is 4.51. The van der Waals surface area contributed by atoms with Crippen LogP contribution in [-0.4, -0.2) is 25.3 Å². The summed E-state index contributed by atoms with van der Waals surface area (Å²) in [5.41, 5.74) is 0. The monoisotopic (exact) mass is 198 g/mol. The zero-order chi connectivity index (χ0) is 10.1. The number of carbonyl (C=O) groups excluding carboxylic acids is 1. The molecule has 3 nitrogen and oxygen atoms in total. The molecule has 0 bridgehead atoms. The summed E-state index contributed by atoms with van der Waals surface area (Å²) < 4.78 is 10.6. The maximum absolute atomic E-state index is 11.4. The van der Waals surface area contributed by atoms with E-state index in [1.54, 1.807) is 0 Å². The first-order chi connectivity index (χ1) is 6.70. The Balaban J connectivity index is 1.94. The fraction of sp³-hybridized carbons (Fsp3) is 0.909. The molecule has 0 spiro atoms. The van der Waals surface area contributed by atoms with Crippen molar-refractivity contribution in [3.05, 3.63) is 0 Å². The molecule has 0 amide bonds. The number of esters is 1. The predicted molar refractivity (Wildman–Crippen MR) is 51.8 cm³/mol. The summed E-state index contributed by atoms with van der Waals surface area (Å²) in [5.74, 6) is 0.668. The van der Waals surface area contributed by atoms with Gasteiger partial charge in [0.15, 0.2) is 0 Å². The maximum Gasteiger partial charge on any atom is 0.308 e. The molecule has 3 heteroatoms. The van der Waals surface area contributed by atoms with Crippen LogP contribution in [-0.2, 0) is 14.3 Å². The van der Waals surface area contributed by atoms with Gasteiger partial charge in [-0.25, -0.2) is 0 Å². The summed E-state index contributed by atoms with van der Waals surface area (Å²) in [6.45, 7) is 2.12. The van der Waals surface area contributed by atoms with Crippen LogP contribution in [0.5, 0.6) is 0 Å². The second kappa shape index (κ2) is 3.89. The van der Waals surface area contributed by atoms with Gasteiger partial charge < -0.3 is 9.47 Å². The molecule has 1 saturated carbocycles. The molecular formula is C11H18O3. The highest BCUT2D eigenvalue weighted by molar-refractivity contribution is 5.72. The summed E-state index contributed by atoms with van der Waals surface area (Å²) >= 11 is 0. The van der Waals surface area contributed by atoms with Gasteiger partial charge in [0.25, 0.3) is 0 Å². The minimum absolute atomic E-state index is 0.0389. The van der Waals surface area contributed by atoms with Crippen molar-refractivity contribution in [1.82, 2.24) is 0 Å². The Labute approximate surface area is 84.8 Å². The van der Waals surface area contributed by atoms with Crippen LogP contribution in [0.3, 0.4) is 0 Å². The van der Waals surface area contributed by atoms with Crippen LogP contribution in [0.15, 0.2) is 0 Å².